The fraction of sp³-hybridized carbons (Fsp3) is 0.500. The highest BCUT2D eigenvalue weighted by Crippen LogP contribution is 2.24. The van der Waals surface area contributed by atoms with Crippen molar-refractivity contribution in [2.45, 2.75) is 44.5 Å². The van der Waals surface area contributed by atoms with E-state index < -0.39 is 11.7 Å². The van der Waals surface area contributed by atoms with Crippen molar-refractivity contribution >= 4 is 39.3 Å². The summed E-state index contributed by atoms with van der Waals surface area (Å²) in [5.41, 5.74) is 1.16. The second-order valence-corrected chi connectivity index (χ2v) is 7.39. The number of alkyl halides is 1. The van der Waals surface area contributed by atoms with Gasteiger partial charge in [0.1, 0.15) is 5.60 Å². The highest BCUT2D eigenvalue weighted by atomic mass is 79.9. The second-order valence-electron chi connectivity index (χ2n) is 5.42. The molecule has 1 unspecified atom stereocenters. The van der Waals surface area contributed by atoms with Crippen LogP contribution in [0.4, 0.5) is 10.5 Å². The molecule has 0 bridgehead atoms. The zero-order chi connectivity index (χ0) is 14.6. The fourth-order valence-electron chi connectivity index (χ4n) is 1.53. The number of hydrogen-bond acceptors (Lipinski definition) is 2. The molecule has 1 aromatic rings. The van der Waals surface area contributed by atoms with E-state index in [9.17, 15) is 4.79 Å². The lowest BCUT2D eigenvalue weighted by molar-refractivity contribution is 0.0636. The number of halogens is 2. The van der Waals surface area contributed by atoms with Gasteiger partial charge in [-0.1, -0.05) is 34.5 Å². The molecular weight excluding hydrogens is 330 g/mol. The summed E-state index contributed by atoms with van der Waals surface area (Å²) in [5, 5.41) is 3.40. The van der Waals surface area contributed by atoms with Crippen LogP contribution < -0.4 is 5.32 Å². The normalized spacial score (nSPS) is 12.9. The summed E-state index contributed by atoms with van der Waals surface area (Å²) in [5.74, 6) is 0. The molecule has 1 amide bonds. The Balaban J connectivity index is 2.77. The number of hydrogen-bond donors (Lipinski definition) is 1. The molecule has 0 heterocycles. The van der Waals surface area contributed by atoms with Crippen LogP contribution in [0.15, 0.2) is 18.2 Å². The molecule has 106 valence electrons. The molecule has 0 aliphatic rings. The van der Waals surface area contributed by atoms with Gasteiger partial charge in [-0.05, 0) is 51.0 Å². The van der Waals surface area contributed by atoms with Crippen molar-refractivity contribution in [2.24, 2.45) is 0 Å². The maximum Gasteiger partial charge on any atom is 0.412 e. The van der Waals surface area contributed by atoms with Gasteiger partial charge >= 0.3 is 6.09 Å². The minimum atomic E-state index is -0.510. The van der Waals surface area contributed by atoms with E-state index in [1.807, 2.05) is 33.8 Å². The van der Waals surface area contributed by atoms with E-state index in [1.54, 1.807) is 12.1 Å². The van der Waals surface area contributed by atoms with Gasteiger partial charge in [-0.2, -0.15) is 0 Å². The molecule has 19 heavy (non-hydrogen) atoms. The van der Waals surface area contributed by atoms with Gasteiger partial charge in [-0.15, -0.1) is 0 Å². The number of rotatable bonds is 3. The molecule has 0 aromatic heterocycles. The molecule has 5 heteroatoms. The lowest BCUT2D eigenvalue weighted by Crippen LogP contribution is -2.27. The van der Waals surface area contributed by atoms with Crippen LogP contribution in [-0.4, -0.2) is 16.5 Å². The van der Waals surface area contributed by atoms with Crippen molar-refractivity contribution in [1.82, 2.24) is 0 Å². The Kier molecular flexibility index (Phi) is 5.68. The largest absolute Gasteiger partial charge is 0.444 e. The molecule has 0 aliphatic heterocycles. The predicted molar refractivity (Wildman–Crippen MR) is 83.4 cm³/mol. The topological polar surface area (TPSA) is 38.3 Å². The molecule has 1 aromatic carbocycles. The van der Waals surface area contributed by atoms with Gasteiger partial charge in [-0.3, -0.25) is 5.32 Å². The van der Waals surface area contributed by atoms with E-state index in [-0.39, 0.29) is 0 Å². The number of amides is 1. The van der Waals surface area contributed by atoms with Crippen molar-refractivity contribution in [3.8, 4) is 0 Å². The fourth-order valence-corrected chi connectivity index (χ4v) is 2.08. The van der Waals surface area contributed by atoms with E-state index in [1.165, 1.54) is 0 Å². The number of carbonyl (C=O) groups is 1. The van der Waals surface area contributed by atoms with E-state index in [0.717, 1.165) is 12.0 Å². The van der Waals surface area contributed by atoms with E-state index in [2.05, 4.69) is 21.2 Å². The second kappa shape index (κ2) is 6.62. The SMILES string of the molecule is CC(Br)Cc1cc(NC(=O)OC(C)(C)C)ccc1Cl. The van der Waals surface area contributed by atoms with Gasteiger partial charge < -0.3 is 4.74 Å². The molecule has 1 rings (SSSR count). The zero-order valence-electron chi connectivity index (χ0n) is 11.6. The summed E-state index contributed by atoms with van der Waals surface area (Å²) in [7, 11) is 0. The van der Waals surface area contributed by atoms with Crippen molar-refractivity contribution < 1.29 is 9.53 Å². The van der Waals surface area contributed by atoms with Crippen LogP contribution in [0, 0.1) is 0 Å². The third-order valence-electron chi connectivity index (χ3n) is 2.19. The zero-order valence-corrected chi connectivity index (χ0v) is 13.9. The minimum Gasteiger partial charge on any atom is -0.444 e. The van der Waals surface area contributed by atoms with Crippen LogP contribution in [0.1, 0.15) is 33.3 Å². The summed E-state index contributed by atoms with van der Waals surface area (Å²) >= 11 is 9.61. The first-order chi connectivity index (χ1) is 8.67. The standard InChI is InChI=1S/C14H19BrClNO2/c1-9(15)7-10-8-11(5-6-12(10)16)17-13(18)19-14(2,3)4/h5-6,8-9H,7H2,1-4H3,(H,17,18). The Morgan fingerprint density at radius 2 is 2.11 bits per heavy atom. The smallest absolute Gasteiger partial charge is 0.412 e. The van der Waals surface area contributed by atoms with Crippen LogP contribution in [0.3, 0.4) is 0 Å². The molecule has 0 saturated heterocycles. The minimum absolute atomic E-state index is 0.321. The van der Waals surface area contributed by atoms with Gasteiger partial charge in [0.2, 0.25) is 0 Å². The van der Waals surface area contributed by atoms with Crippen molar-refractivity contribution in [2.75, 3.05) is 5.32 Å². The molecule has 3 nitrogen and oxygen atoms in total. The first-order valence-corrected chi connectivity index (χ1v) is 7.39. The first kappa shape index (κ1) is 16.3. The van der Waals surface area contributed by atoms with E-state index in [4.69, 9.17) is 16.3 Å². The highest BCUT2D eigenvalue weighted by Gasteiger charge is 2.16. The van der Waals surface area contributed by atoms with Gasteiger partial charge in [0, 0.05) is 15.5 Å². The molecule has 0 radical (unpaired) electrons. The van der Waals surface area contributed by atoms with Crippen LogP contribution in [-0.2, 0) is 11.2 Å². The third-order valence-corrected chi connectivity index (χ3v) is 2.88. The lowest BCUT2D eigenvalue weighted by Gasteiger charge is -2.20. The molecule has 0 saturated carbocycles. The number of carbonyl (C=O) groups excluding carboxylic acids is 1. The van der Waals surface area contributed by atoms with E-state index >= 15 is 0 Å². The van der Waals surface area contributed by atoms with Gasteiger partial charge in [0.05, 0.1) is 0 Å². The van der Waals surface area contributed by atoms with Crippen LogP contribution in [0.2, 0.25) is 5.02 Å². The number of benzene rings is 1. The Morgan fingerprint density at radius 3 is 2.63 bits per heavy atom. The number of anilines is 1. The monoisotopic (exact) mass is 347 g/mol. The first-order valence-electron chi connectivity index (χ1n) is 6.10. The van der Waals surface area contributed by atoms with Gasteiger partial charge in [0.15, 0.2) is 0 Å². The van der Waals surface area contributed by atoms with Gasteiger partial charge in [0.25, 0.3) is 0 Å². The van der Waals surface area contributed by atoms with Crippen molar-refractivity contribution in [3.63, 3.8) is 0 Å². The third kappa shape index (κ3) is 6.30. The van der Waals surface area contributed by atoms with Crippen molar-refractivity contribution in [3.05, 3.63) is 28.8 Å². The molecule has 1 N–H and O–H groups in total. The van der Waals surface area contributed by atoms with E-state index in [0.29, 0.717) is 15.5 Å². The molecule has 0 spiro atoms. The highest BCUT2D eigenvalue weighted by molar-refractivity contribution is 9.09. The number of nitrogens with one attached hydrogen (secondary N) is 1. The Hall–Kier alpha value is -0.740. The lowest BCUT2D eigenvalue weighted by atomic mass is 10.1. The molecule has 0 aliphatic carbocycles. The average molecular weight is 349 g/mol. The maximum atomic E-state index is 11.7. The van der Waals surface area contributed by atoms with Crippen LogP contribution in [0.5, 0.6) is 0 Å². The molecular formula is C14H19BrClNO2. The summed E-state index contributed by atoms with van der Waals surface area (Å²) < 4.78 is 5.20. The molecule has 1 atom stereocenters. The summed E-state index contributed by atoms with van der Waals surface area (Å²) in [6.45, 7) is 7.52. The Bertz CT molecular complexity index is 455. The summed E-state index contributed by atoms with van der Waals surface area (Å²) in [6.07, 6.45) is 0.329. The summed E-state index contributed by atoms with van der Waals surface area (Å²) in [4.78, 5) is 12.0. The van der Waals surface area contributed by atoms with Crippen LogP contribution >= 0.6 is 27.5 Å². The van der Waals surface area contributed by atoms with Crippen molar-refractivity contribution in [1.29, 1.82) is 0 Å². The Morgan fingerprint density at radius 1 is 1.47 bits per heavy atom. The average Bonchev–Trinajstić information content (AvgIpc) is 2.19. The Labute approximate surface area is 127 Å². The summed E-state index contributed by atoms with van der Waals surface area (Å²) in [6, 6.07) is 5.40. The van der Waals surface area contributed by atoms with Crippen LogP contribution in [0.25, 0.3) is 0 Å². The molecule has 0 fully saturated rings. The number of ether oxygens (including phenoxy) is 1. The quantitative estimate of drug-likeness (QED) is 0.779. The maximum absolute atomic E-state index is 11.7. The predicted octanol–water partition coefficient (Wildman–Crippen LogP) is 5.01. The van der Waals surface area contributed by atoms with Gasteiger partial charge in [-0.25, -0.2) is 4.79 Å².